The molecular weight excluding hydrogens is 825 g/mol. The second-order valence-electron chi connectivity index (χ2n) is 17.1. The molecule has 0 saturated heterocycles. The molecule has 0 aliphatic carbocycles. The van der Waals surface area contributed by atoms with Crippen LogP contribution in [0.2, 0.25) is 0 Å². The molecule has 10 aromatic rings. The number of anilines is 8. The van der Waals surface area contributed by atoms with E-state index in [0.29, 0.717) is 0 Å². The number of hydrogen-bond acceptors (Lipinski definition) is 4. The molecule has 4 heteroatoms. The first-order valence-electron chi connectivity index (χ1n) is 23.5. The van der Waals surface area contributed by atoms with E-state index in [1.807, 2.05) is 0 Å². The van der Waals surface area contributed by atoms with Crippen LogP contribution in [-0.4, -0.2) is 0 Å². The maximum Gasteiger partial charge on any atom is 0.0463 e. The normalized spacial score (nSPS) is 10.9. The molecule has 68 heavy (non-hydrogen) atoms. The van der Waals surface area contributed by atoms with Crippen molar-refractivity contribution in [1.29, 1.82) is 0 Å². The van der Waals surface area contributed by atoms with Gasteiger partial charge in [-0.25, -0.2) is 0 Å². The quantitative estimate of drug-likeness (QED) is 0.0903. The summed E-state index contributed by atoms with van der Waals surface area (Å²) in [6, 6.07) is 100. The summed E-state index contributed by atoms with van der Waals surface area (Å²) >= 11 is 0. The topological polar surface area (TPSA) is 13.0 Å². The first kappa shape index (κ1) is 43.3. The van der Waals surface area contributed by atoms with Crippen LogP contribution in [0.3, 0.4) is 0 Å². The third-order valence-electron chi connectivity index (χ3n) is 12.4. The van der Waals surface area contributed by atoms with Gasteiger partial charge >= 0.3 is 0 Å². The fourth-order valence-corrected chi connectivity index (χ4v) is 8.97. The highest BCUT2D eigenvalue weighted by Crippen LogP contribution is 2.39. The van der Waals surface area contributed by atoms with Gasteiger partial charge in [-0.1, -0.05) is 182 Å². The van der Waals surface area contributed by atoms with Crippen molar-refractivity contribution in [2.75, 3.05) is 19.6 Å². The Labute approximate surface area is 401 Å². The van der Waals surface area contributed by atoms with Crippen LogP contribution < -0.4 is 19.6 Å². The molecule has 0 spiro atoms. The molecule has 0 N–H and O–H groups in total. The van der Waals surface area contributed by atoms with Crippen molar-refractivity contribution in [3.05, 3.63) is 301 Å². The highest BCUT2D eigenvalue weighted by molar-refractivity contribution is 5.81. The van der Waals surface area contributed by atoms with Gasteiger partial charge in [-0.3, -0.25) is 0 Å². The Hall–Kier alpha value is -8.60. The molecule has 0 aliphatic rings. The number of nitrogens with zero attached hydrogens (tertiary/aromatic N) is 4. The number of benzene rings is 10. The Balaban J connectivity index is 0.901. The van der Waals surface area contributed by atoms with E-state index >= 15 is 0 Å². The maximum absolute atomic E-state index is 2.45. The van der Waals surface area contributed by atoms with E-state index < -0.39 is 0 Å². The molecule has 10 aromatic carbocycles. The lowest BCUT2D eigenvalue weighted by Gasteiger charge is -2.28. The Morgan fingerprint density at radius 3 is 0.618 bits per heavy atom. The highest BCUT2D eigenvalue weighted by atomic mass is 15.2. The molecule has 0 heterocycles. The molecule has 0 saturated carbocycles. The predicted molar refractivity (Wildman–Crippen MR) is 287 cm³/mol. The van der Waals surface area contributed by atoms with Crippen molar-refractivity contribution < 1.29 is 0 Å². The van der Waals surface area contributed by atoms with Gasteiger partial charge in [-0.2, -0.15) is 0 Å². The Kier molecular flexibility index (Phi) is 13.5. The van der Waals surface area contributed by atoms with Crippen LogP contribution >= 0.6 is 0 Å². The van der Waals surface area contributed by atoms with Crippen molar-refractivity contribution in [2.24, 2.45) is 0 Å². The molecule has 0 aromatic heterocycles. The van der Waals surface area contributed by atoms with E-state index in [1.165, 1.54) is 33.6 Å². The Bertz CT molecular complexity index is 2760. The first-order chi connectivity index (χ1) is 33.7. The molecule has 10 rings (SSSR count). The zero-order valence-electron chi connectivity index (χ0n) is 38.2. The van der Waals surface area contributed by atoms with E-state index in [1.54, 1.807) is 0 Å². The molecule has 0 fully saturated rings. The van der Waals surface area contributed by atoms with Gasteiger partial charge < -0.3 is 19.6 Å². The minimum Gasteiger partial charge on any atom is -0.363 e. The molecule has 0 atom stereocenters. The number of para-hydroxylation sites is 2. The summed E-state index contributed by atoms with van der Waals surface area (Å²) in [6.45, 7) is 3.28. The maximum atomic E-state index is 2.45. The summed E-state index contributed by atoms with van der Waals surface area (Å²) in [5.41, 5.74) is 16.4. The van der Waals surface area contributed by atoms with E-state index in [-0.39, 0.29) is 0 Å². The lowest BCUT2D eigenvalue weighted by Crippen LogP contribution is -2.22. The monoisotopic (exact) mass is 878 g/mol. The second-order valence-corrected chi connectivity index (χ2v) is 17.1. The summed E-state index contributed by atoms with van der Waals surface area (Å²) in [7, 11) is 0. The van der Waals surface area contributed by atoms with Crippen molar-refractivity contribution in [3.8, 4) is 11.1 Å². The molecular formula is C64H54N4. The van der Waals surface area contributed by atoms with E-state index in [2.05, 4.69) is 299 Å². The van der Waals surface area contributed by atoms with E-state index in [4.69, 9.17) is 0 Å². The average molecular weight is 879 g/mol. The van der Waals surface area contributed by atoms with Gasteiger partial charge in [0.25, 0.3) is 0 Å². The van der Waals surface area contributed by atoms with Gasteiger partial charge in [-0.15, -0.1) is 0 Å². The lowest BCUT2D eigenvalue weighted by atomic mass is 10.0. The fraction of sp³-hybridized carbons (Fsp3) is 0.0625. The van der Waals surface area contributed by atoms with Crippen LogP contribution in [-0.2, 0) is 26.2 Å². The van der Waals surface area contributed by atoms with Crippen LogP contribution in [0.25, 0.3) is 11.1 Å². The van der Waals surface area contributed by atoms with Crippen LogP contribution in [0, 0.1) is 0 Å². The smallest absolute Gasteiger partial charge is 0.0463 e. The summed E-state index contributed by atoms with van der Waals surface area (Å²) in [4.78, 5) is 9.57. The SMILES string of the molecule is c1ccc(CN(Cc2ccccc2)c2ccc(N(c3ccccc3)c3ccc(-c4ccc(N(c5ccccc5)c5ccc(N(Cc6ccccc6)Cc6ccccc6)cc5)cc4)cc3)cc2)cc1. The summed E-state index contributed by atoms with van der Waals surface area (Å²) < 4.78 is 0. The van der Waals surface area contributed by atoms with Gasteiger partial charge in [0.1, 0.15) is 0 Å². The van der Waals surface area contributed by atoms with Crippen LogP contribution in [0.5, 0.6) is 0 Å². The highest BCUT2D eigenvalue weighted by Gasteiger charge is 2.17. The predicted octanol–water partition coefficient (Wildman–Crippen LogP) is 16.7. The summed E-state index contributed by atoms with van der Waals surface area (Å²) in [5, 5.41) is 0. The largest absolute Gasteiger partial charge is 0.363 e. The molecule has 0 bridgehead atoms. The van der Waals surface area contributed by atoms with Crippen molar-refractivity contribution in [2.45, 2.75) is 26.2 Å². The summed E-state index contributed by atoms with van der Waals surface area (Å²) in [6.07, 6.45) is 0. The minimum atomic E-state index is 0.821. The van der Waals surface area contributed by atoms with E-state index in [9.17, 15) is 0 Å². The van der Waals surface area contributed by atoms with Crippen LogP contribution in [0.15, 0.2) is 279 Å². The third-order valence-corrected chi connectivity index (χ3v) is 12.4. The van der Waals surface area contributed by atoms with Crippen LogP contribution in [0.1, 0.15) is 22.3 Å². The van der Waals surface area contributed by atoms with Gasteiger partial charge in [0.05, 0.1) is 0 Å². The number of hydrogen-bond donors (Lipinski definition) is 0. The van der Waals surface area contributed by atoms with Gasteiger partial charge in [0, 0.05) is 71.7 Å². The van der Waals surface area contributed by atoms with E-state index in [0.717, 1.165) is 71.4 Å². The molecule has 330 valence electrons. The van der Waals surface area contributed by atoms with Crippen molar-refractivity contribution in [3.63, 3.8) is 0 Å². The summed E-state index contributed by atoms with van der Waals surface area (Å²) in [5.74, 6) is 0. The Morgan fingerprint density at radius 1 is 0.176 bits per heavy atom. The zero-order chi connectivity index (χ0) is 45.7. The zero-order valence-corrected chi connectivity index (χ0v) is 38.2. The van der Waals surface area contributed by atoms with Gasteiger partial charge in [0.2, 0.25) is 0 Å². The fourth-order valence-electron chi connectivity index (χ4n) is 8.97. The van der Waals surface area contributed by atoms with Crippen molar-refractivity contribution in [1.82, 2.24) is 0 Å². The third kappa shape index (κ3) is 10.6. The van der Waals surface area contributed by atoms with Gasteiger partial charge in [0.15, 0.2) is 0 Å². The molecule has 0 unspecified atom stereocenters. The molecule has 0 amide bonds. The molecule has 4 nitrogen and oxygen atoms in total. The first-order valence-corrected chi connectivity index (χ1v) is 23.5. The molecule has 0 aliphatic heterocycles. The average Bonchev–Trinajstić information content (AvgIpc) is 3.41. The minimum absolute atomic E-state index is 0.821. The van der Waals surface area contributed by atoms with Crippen molar-refractivity contribution >= 4 is 45.5 Å². The molecule has 0 radical (unpaired) electrons. The standard InChI is InChI=1S/C64H54N4/c1-7-19-51(20-8-1)47-65(48-52-21-9-2-10-22-52)57-39-43-63(44-40-57)67(59-27-15-5-16-28-59)61-35-31-55(32-36-61)56-33-37-62(38-34-56)68(60-29-17-6-18-30-60)64-45-41-58(42-46-64)66(49-53-23-11-3-12-24-53)50-54-25-13-4-14-26-54/h1-46H,47-50H2. The van der Waals surface area contributed by atoms with Crippen LogP contribution in [0.4, 0.5) is 45.5 Å². The Morgan fingerprint density at radius 2 is 0.368 bits per heavy atom. The van der Waals surface area contributed by atoms with Gasteiger partial charge in [-0.05, 0) is 130 Å². The second kappa shape index (κ2) is 21.1. The lowest BCUT2D eigenvalue weighted by molar-refractivity contribution is 0.800. The number of rotatable bonds is 17.